The number of benzene rings is 2. The van der Waals surface area contributed by atoms with Crippen molar-refractivity contribution < 1.29 is 18.3 Å². The second-order valence-electron chi connectivity index (χ2n) is 7.22. The highest BCUT2D eigenvalue weighted by Gasteiger charge is 2.41. The fraction of sp³-hybridized carbons (Fsp3) is 0.318. The lowest BCUT2D eigenvalue weighted by Gasteiger charge is -2.33. The fourth-order valence-electron chi connectivity index (χ4n) is 4.01. The maximum absolute atomic E-state index is 14.3. The van der Waals surface area contributed by atoms with E-state index in [1.54, 1.807) is 17.9 Å². The van der Waals surface area contributed by atoms with Crippen LogP contribution in [0.5, 0.6) is 0 Å². The van der Waals surface area contributed by atoms with Gasteiger partial charge in [-0.2, -0.15) is 0 Å². The predicted octanol–water partition coefficient (Wildman–Crippen LogP) is 5.23. The van der Waals surface area contributed by atoms with Crippen LogP contribution in [0.25, 0.3) is 5.57 Å². The number of nitrogens with zero attached hydrogens (tertiary/aromatic N) is 1. The van der Waals surface area contributed by atoms with Crippen LogP contribution in [0.2, 0.25) is 0 Å². The summed E-state index contributed by atoms with van der Waals surface area (Å²) in [6.45, 7) is 1.86. The molecular weight excluding hydrogens is 348 g/mol. The highest BCUT2D eigenvalue weighted by molar-refractivity contribution is 5.75. The lowest BCUT2D eigenvalue weighted by atomic mass is 9.93. The Balaban J connectivity index is 1.51. The van der Waals surface area contributed by atoms with Gasteiger partial charge in [0.15, 0.2) is 0 Å². The molecule has 5 heteroatoms. The Morgan fingerprint density at radius 3 is 2.67 bits per heavy atom. The first kappa shape index (κ1) is 17.7. The van der Waals surface area contributed by atoms with Gasteiger partial charge in [-0.1, -0.05) is 36.4 Å². The number of carbonyl (C=O) groups excluding carboxylic acids is 1. The molecule has 0 radical (unpaired) electrons. The molecule has 2 bridgehead atoms. The predicted molar refractivity (Wildman–Crippen MR) is 99.0 cm³/mol. The Kier molecular flexibility index (Phi) is 4.68. The molecule has 2 aromatic carbocycles. The van der Waals surface area contributed by atoms with Crippen molar-refractivity contribution in [2.45, 2.75) is 44.9 Å². The lowest BCUT2D eigenvalue weighted by molar-refractivity contribution is 0.0832. The van der Waals surface area contributed by atoms with Crippen LogP contribution in [0.3, 0.4) is 0 Å². The average molecular weight is 369 g/mol. The summed E-state index contributed by atoms with van der Waals surface area (Å²) in [5, 5.41) is 0. The Morgan fingerprint density at radius 2 is 1.93 bits per heavy atom. The fourth-order valence-corrected chi connectivity index (χ4v) is 4.01. The number of hydrogen-bond acceptors (Lipinski definition) is 2. The van der Waals surface area contributed by atoms with Gasteiger partial charge in [-0.25, -0.2) is 13.6 Å². The van der Waals surface area contributed by atoms with Crippen LogP contribution < -0.4 is 0 Å². The minimum absolute atomic E-state index is 0.0111. The zero-order valence-electron chi connectivity index (χ0n) is 15.1. The van der Waals surface area contributed by atoms with Crippen LogP contribution in [0, 0.1) is 18.6 Å². The van der Waals surface area contributed by atoms with E-state index in [1.807, 2.05) is 36.4 Å². The van der Waals surface area contributed by atoms with E-state index in [1.165, 1.54) is 0 Å². The van der Waals surface area contributed by atoms with Crippen molar-refractivity contribution in [3.63, 3.8) is 0 Å². The molecule has 0 aromatic heterocycles. The van der Waals surface area contributed by atoms with E-state index in [4.69, 9.17) is 4.74 Å². The molecule has 0 aliphatic carbocycles. The molecule has 2 heterocycles. The van der Waals surface area contributed by atoms with Gasteiger partial charge in [0.25, 0.3) is 0 Å². The summed E-state index contributed by atoms with van der Waals surface area (Å²) in [5.41, 5.74) is 2.64. The molecule has 0 spiro atoms. The number of amides is 1. The smallest absolute Gasteiger partial charge is 0.410 e. The zero-order chi connectivity index (χ0) is 19.0. The van der Waals surface area contributed by atoms with E-state index in [0.717, 1.165) is 30.0 Å². The average Bonchev–Trinajstić information content (AvgIpc) is 2.93. The van der Waals surface area contributed by atoms with Gasteiger partial charge < -0.3 is 4.74 Å². The summed E-state index contributed by atoms with van der Waals surface area (Å²) in [5.74, 6) is -1.09. The summed E-state index contributed by atoms with van der Waals surface area (Å²) in [4.78, 5) is 14.4. The topological polar surface area (TPSA) is 29.5 Å². The summed E-state index contributed by atoms with van der Waals surface area (Å²) in [7, 11) is 0. The van der Waals surface area contributed by atoms with Crippen molar-refractivity contribution in [3.05, 3.63) is 76.9 Å². The molecule has 1 amide bonds. The molecule has 27 heavy (non-hydrogen) atoms. The number of halogens is 2. The zero-order valence-corrected chi connectivity index (χ0v) is 15.1. The first-order chi connectivity index (χ1) is 13.0. The number of rotatable bonds is 3. The van der Waals surface area contributed by atoms with E-state index in [2.05, 4.69) is 0 Å². The van der Waals surface area contributed by atoms with Gasteiger partial charge in [0.2, 0.25) is 0 Å². The Hall–Kier alpha value is -2.69. The van der Waals surface area contributed by atoms with Crippen LogP contribution >= 0.6 is 0 Å². The second kappa shape index (κ2) is 7.14. The molecular formula is C22H21F2NO2. The molecule has 1 fully saturated rings. The van der Waals surface area contributed by atoms with Gasteiger partial charge in [-0.3, -0.25) is 4.90 Å². The standard InChI is InChI=1S/C22H21F2NO2/c1-14-9-19(21(24)12-20(14)23)16-10-17-7-8-18(11-16)25(17)22(26)27-13-15-5-3-2-4-6-15/h2-6,9-10,12,17-18H,7-8,11,13H2,1H3. The Bertz CT molecular complexity index is 895. The van der Waals surface area contributed by atoms with E-state index in [9.17, 15) is 13.6 Å². The number of hydrogen-bond donors (Lipinski definition) is 0. The number of fused-ring (bicyclic) bond motifs is 2. The molecule has 2 atom stereocenters. The minimum atomic E-state index is -0.552. The monoisotopic (exact) mass is 369 g/mol. The normalized spacial score (nSPS) is 21.1. The van der Waals surface area contributed by atoms with Gasteiger partial charge in [0.05, 0.1) is 6.04 Å². The second-order valence-corrected chi connectivity index (χ2v) is 7.22. The maximum atomic E-state index is 14.3. The van der Waals surface area contributed by atoms with Crippen LogP contribution in [-0.2, 0) is 11.3 Å². The SMILES string of the molecule is Cc1cc(C2=CC3CCC(C2)N3C(=O)OCc2ccccc2)c(F)cc1F. The van der Waals surface area contributed by atoms with Crippen molar-refractivity contribution in [2.75, 3.05) is 0 Å². The van der Waals surface area contributed by atoms with Gasteiger partial charge in [0, 0.05) is 17.7 Å². The molecule has 0 N–H and O–H groups in total. The summed E-state index contributed by atoms with van der Waals surface area (Å²) in [6.07, 6.45) is 3.84. The molecule has 1 saturated heterocycles. The lowest BCUT2D eigenvalue weighted by Crippen LogP contribution is -2.43. The third kappa shape index (κ3) is 3.46. The number of carbonyl (C=O) groups is 1. The van der Waals surface area contributed by atoms with E-state index in [-0.39, 0.29) is 24.8 Å². The molecule has 3 nitrogen and oxygen atoms in total. The third-order valence-corrected chi connectivity index (χ3v) is 5.41. The van der Waals surface area contributed by atoms with Crippen molar-refractivity contribution in [3.8, 4) is 0 Å². The first-order valence-corrected chi connectivity index (χ1v) is 9.18. The maximum Gasteiger partial charge on any atom is 0.410 e. The van der Waals surface area contributed by atoms with Crippen molar-refractivity contribution in [1.29, 1.82) is 0 Å². The largest absolute Gasteiger partial charge is 0.445 e. The third-order valence-electron chi connectivity index (χ3n) is 5.41. The van der Waals surface area contributed by atoms with Crippen LogP contribution in [0.1, 0.15) is 36.0 Å². The molecule has 2 aliphatic heterocycles. The summed E-state index contributed by atoms with van der Waals surface area (Å²) < 4.78 is 33.3. The molecule has 0 saturated carbocycles. The Morgan fingerprint density at radius 1 is 1.15 bits per heavy atom. The van der Waals surface area contributed by atoms with Crippen LogP contribution in [0.4, 0.5) is 13.6 Å². The quantitative estimate of drug-likeness (QED) is 0.741. The van der Waals surface area contributed by atoms with Crippen molar-refractivity contribution in [1.82, 2.24) is 4.90 Å². The first-order valence-electron chi connectivity index (χ1n) is 9.18. The van der Waals surface area contributed by atoms with Gasteiger partial charge in [-0.05, 0) is 49.0 Å². The van der Waals surface area contributed by atoms with E-state index >= 15 is 0 Å². The minimum Gasteiger partial charge on any atom is -0.445 e. The van der Waals surface area contributed by atoms with Crippen LogP contribution in [-0.4, -0.2) is 23.1 Å². The highest BCUT2D eigenvalue weighted by Crippen LogP contribution is 2.40. The summed E-state index contributed by atoms with van der Waals surface area (Å²) in [6, 6.07) is 11.9. The van der Waals surface area contributed by atoms with Crippen molar-refractivity contribution >= 4 is 11.7 Å². The molecule has 140 valence electrons. The summed E-state index contributed by atoms with van der Waals surface area (Å²) >= 11 is 0. The molecule has 2 unspecified atom stereocenters. The van der Waals surface area contributed by atoms with Gasteiger partial charge >= 0.3 is 6.09 Å². The van der Waals surface area contributed by atoms with E-state index < -0.39 is 11.6 Å². The molecule has 2 aromatic rings. The Labute approximate surface area is 157 Å². The van der Waals surface area contributed by atoms with Crippen LogP contribution in [0.15, 0.2) is 48.5 Å². The van der Waals surface area contributed by atoms with Crippen molar-refractivity contribution in [2.24, 2.45) is 0 Å². The molecule has 2 aliphatic rings. The molecule has 4 rings (SSSR count). The van der Waals surface area contributed by atoms with Gasteiger partial charge in [0.1, 0.15) is 18.2 Å². The number of aryl methyl sites for hydroxylation is 1. The van der Waals surface area contributed by atoms with E-state index in [0.29, 0.717) is 17.5 Å². The van der Waals surface area contributed by atoms with Gasteiger partial charge in [-0.15, -0.1) is 0 Å². The number of ether oxygens (including phenoxy) is 1. The highest BCUT2D eigenvalue weighted by atomic mass is 19.1.